The first-order valence-electron chi connectivity index (χ1n) is 4.94. The predicted octanol–water partition coefficient (Wildman–Crippen LogP) is 2.99. The Kier molecular flexibility index (Phi) is 2.91. The van der Waals surface area contributed by atoms with Crippen LogP contribution in [0.1, 0.15) is 19.3 Å². The van der Waals surface area contributed by atoms with Crippen LogP contribution in [0.4, 0.5) is 0 Å². The Hall–Kier alpha value is -1.09. The van der Waals surface area contributed by atoms with E-state index in [1.807, 2.05) is 0 Å². The molecule has 0 atom stereocenters. The van der Waals surface area contributed by atoms with Crippen LogP contribution in [-0.2, 0) is 0 Å². The molecule has 1 aliphatic rings. The molecule has 0 bridgehead atoms. The van der Waals surface area contributed by atoms with Gasteiger partial charge in [0.25, 0.3) is 0 Å². The van der Waals surface area contributed by atoms with E-state index in [0.717, 1.165) is 12.8 Å². The molecule has 1 aliphatic carbocycles. The van der Waals surface area contributed by atoms with E-state index in [4.69, 9.17) is 21.1 Å². The Morgan fingerprint density at radius 2 is 2.07 bits per heavy atom. The molecule has 0 unspecified atom stereocenters. The van der Waals surface area contributed by atoms with Crippen LogP contribution >= 0.6 is 11.6 Å². The molecule has 1 fully saturated rings. The van der Waals surface area contributed by atoms with Gasteiger partial charge in [-0.15, -0.1) is 0 Å². The van der Waals surface area contributed by atoms with Crippen LogP contribution in [0.25, 0.3) is 0 Å². The Morgan fingerprint density at radius 1 is 1.33 bits per heavy atom. The zero-order valence-electron chi connectivity index (χ0n) is 8.50. The van der Waals surface area contributed by atoms with Gasteiger partial charge in [-0.3, -0.25) is 0 Å². The zero-order chi connectivity index (χ0) is 10.8. The molecule has 1 N–H and O–H groups in total. The highest BCUT2D eigenvalue weighted by atomic mass is 35.5. The lowest BCUT2D eigenvalue weighted by Crippen LogP contribution is -2.24. The third-order valence-electron chi connectivity index (χ3n) is 2.58. The van der Waals surface area contributed by atoms with E-state index >= 15 is 0 Å². The van der Waals surface area contributed by atoms with Crippen molar-refractivity contribution in [2.45, 2.75) is 25.4 Å². The van der Waals surface area contributed by atoms with Crippen molar-refractivity contribution in [3.8, 4) is 17.2 Å². The van der Waals surface area contributed by atoms with Crippen LogP contribution in [-0.4, -0.2) is 18.3 Å². The quantitative estimate of drug-likeness (QED) is 0.865. The molecule has 0 heterocycles. The molecule has 0 spiro atoms. The van der Waals surface area contributed by atoms with Crippen LogP contribution in [0.15, 0.2) is 12.1 Å². The molecule has 0 aromatic heterocycles. The lowest BCUT2D eigenvalue weighted by molar-refractivity contribution is 0.116. The van der Waals surface area contributed by atoms with E-state index in [0.29, 0.717) is 11.5 Å². The highest BCUT2D eigenvalue weighted by molar-refractivity contribution is 6.32. The second-order valence-electron chi connectivity index (χ2n) is 3.63. The lowest BCUT2D eigenvalue weighted by atomic mass is 9.96. The van der Waals surface area contributed by atoms with E-state index in [9.17, 15) is 5.11 Å². The molecule has 82 valence electrons. The summed E-state index contributed by atoms with van der Waals surface area (Å²) in [5.41, 5.74) is 0. The van der Waals surface area contributed by atoms with Gasteiger partial charge in [0, 0.05) is 12.1 Å². The van der Waals surface area contributed by atoms with Crippen LogP contribution in [0.3, 0.4) is 0 Å². The molecule has 15 heavy (non-hydrogen) atoms. The third kappa shape index (κ3) is 2.12. The van der Waals surface area contributed by atoms with Crippen molar-refractivity contribution in [2.75, 3.05) is 7.11 Å². The van der Waals surface area contributed by atoms with Gasteiger partial charge in [-0.2, -0.15) is 0 Å². The van der Waals surface area contributed by atoms with Crippen LogP contribution in [0, 0.1) is 0 Å². The third-order valence-corrected chi connectivity index (χ3v) is 2.88. The highest BCUT2D eigenvalue weighted by Crippen LogP contribution is 2.39. The Bertz CT molecular complexity index is 361. The number of halogens is 1. The van der Waals surface area contributed by atoms with E-state index in [2.05, 4.69) is 0 Å². The predicted molar refractivity (Wildman–Crippen MR) is 57.9 cm³/mol. The van der Waals surface area contributed by atoms with Crippen LogP contribution in [0.5, 0.6) is 17.2 Å². The van der Waals surface area contributed by atoms with Crippen molar-refractivity contribution in [3.05, 3.63) is 17.2 Å². The summed E-state index contributed by atoms with van der Waals surface area (Å²) in [5, 5.41) is 9.73. The number of phenolic OH excluding ortho intramolecular Hbond substituents is 1. The molecule has 0 aliphatic heterocycles. The van der Waals surface area contributed by atoms with Gasteiger partial charge in [-0.1, -0.05) is 11.6 Å². The number of methoxy groups -OCH3 is 1. The first-order chi connectivity index (χ1) is 7.20. The summed E-state index contributed by atoms with van der Waals surface area (Å²) in [6, 6.07) is 3.06. The maximum atomic E-state index is 9.46. The minimum absolute atomic E-state index is 0.0202. The largest absolute Gasteiger partial charge is 0.506 e. The van der Waals surface area contributed by atoms with Crippen molar-refractivity contribution in [1.29, 1.82) is 0 Å². The summed E-state index contributed by atoms with van der Waals surface area (Å²) < 4.78 is 10.8. The molecule has 0 radical (unpaired) electrons. The molecule has 2 rings (SSSR count). The molecule has 1 saturated carbocycles. The van der Waals surface area contributed by atoms with Gasteiger partial charge < -0.3 is 14.6 Å². The van der Waals surface area contributed by atoms with Crippen LogP contribution in [0.2, 0.25) is 5.02 Å². The first kappa shape index (κ1) is 10.4. The molecule has 4 heteroatoms. The second-order valence-corrected chi connectivity index (χ2v) is 4.03. The maximum Gasteiger partial charge on any atom is 0.165 e. The van der Waals surface area contributed by atoms with Gasteiger partial charge in [0.2, 0.25) is 0 Å². The van der Waals surface area contributed by atoms with E-state index in [1.54, 1.807) is 13.2 Å². The van der Waals surface area contributed by atoms with Crippen molar-refractivity contribution in [2.24, 2.45) is 0 Å². The average Bonchev–Trinajstić information content (AvgIpc) is 2.16. The van der Waals surface area contributed by atoms with Gasteiger partial charge in [0.1, 0.15) is 5.75 Å². The highest BCUT2D eigenvalue weighted by Gasteiger charge is 2.21. The lowest BCUT2D eigenvalue weighted by Gasteiger charge is -2.27. The number of phenols is 1. The fraction of sp³-hybridized carbons (Fsp3) is 0.455. The number of hydrogen-bond acceptors (Lipinski definition) is 3. The summed E-state index contributed by atoms with van der Waals surface area (Å²) >= 11 is 5.76. The topological polar surface area (TPSA) is 38.7 Å². The smallest absolute Gasteiger partial charge is 0.165 e. The monoisotopic (exact) mass is 228 g/mol. The number of ether oxygens (including phenoxy) is 2. The van der Waals surface area contributed by atoms with Crippen molar-refractivity contribution in [3.63, 3.8) is 0 Å². The van der Waals surface area contributed by atoms with E-state index < -0.39 is 0 Å². The number of hydrogen-bond donors (Lipinski definition) is 1. The molecule has 1 aromatic carbocycles. The van der Waals surface area contributed by atoms with E-state index in [1.165, 1.54) is 12.5 Å². The van der Waals surface area contributed by atoms with Gasteiger partial charge in [0.15, 0.2) is 11.5 Å². The minimum atomic E-state index is 0.0202. The average molecular weight is 229 g/mol. The summed E-state index contributed by atoms with van der Waals surface area (Å²) in [6.07, 6.45) is 3.57. The fourth-order valence-electron chi connectivity index (χ4n) is 1.44. The minimum Gasteiger partial charge on any atom is -0.506 e. The Balaban J connectivity index is 2.23. The Morgan fingerprint density at radius 3 is 2.60 bits per heavy atom. The molecule has 3 nitrogen and oxygen atoms in total. The van der Waals surface area contributed by atoms with Crippen molar-refractivity contribution in [1.82, 2.24) is 0 Å². The zero-order valence-corrected chi connectivity index (χ0v) is 9.25. The fourth-order valence-corrected chi connectivity index (χ4v) is 1.60. The summed E-state index contributed by atoms with van der Waals surface area (Å²) in [5.74, 6) is 1.14. The molecular formula is C11H13ClO3. The first-order valence-corrected chi connectivity index (χ1v) is 5.31. The number of rotatable bonds is 3. The molecule has 0 amide bonds. The SMILES string of the molecule is COc1cc(Cl)c(O)cc1OC1CCC1. The van der Waals surface area contributed by atoms with Gasteiger partial charge in [-0.05, 0) is 19.3 Å². The summed E-state index contributed by atoms with van der Waals surface area (Å²) in [7, 11) is 1.55. The molecular weight excluding hydrogens is 216 g/mol. The van der Waals surface area contributed by atoms with E-state index in [-0.39, 0.29) is 16.9 Å². The van der Waals surface area contributed by atoms with Gasteiger partial charge in [-0.25, -0.2) is 0 Å². The second kappa shape index (κ2) is 4.19. The normalized spacial score (nSPS) is 15.9. The number of aromatic hydroxyl groups is 1. The van der Waals surface area contributed by atoms with Crippen LogP contribution < -0.4 is 9.47 Å². The molecule has 1 aromatic rings. The van der Waals surface area contributed by atoms with Gasteiger partial charge >= 0.3 is 0 Å². The van der Waals surface area contributed by atoms with Crippen molar-refractivity contribution < 1.29 is 14.6 Å². The van der Waals surface area contributed by atoms with Gasteiger partial charge in [0.05, 0.1) is 18.2 Å². The maximum absolute atomic E-state index is 9.46. The van der Waals surface area contributed by atoms with Crippen molar-refractivity contribution >= 4 is 11.6 Å². The standard InChI is InChI=1S/C11H13ClO3/c1-14-10-5-8(12)9(13)6-11(10)15-7-3-2-4-7/h5-7,13H,2-4H2,1H3. The molecule has 0 saturated heterocycles. The summed E-state index contributed by atoms with van der Waals surface area (Å²) in [6.45, 7) is 0. The number of benzene rings is 1. The Labute approximate surface area is 93.6 Å². The summed E-state index contributed by atoms with van der Waals surface area (Å²) in [4.78, 5) is 0.